The van der Waals surface area contributed by atoms with Crippen molar-refractivity contribution >= 4 is 35.4 Å². The molecule has 22 heavy (non-hydrogen) atoms. The summed E-state index contributed by atoms with van der Waals surface area (Å²) in [5.41, 5.74) is 1.34. The van der Waals surface area contributed by atoms with Gasteiger partial charge in [0.25, 0.3) is 5.91 Å². The smallest absolute Gasteiger partial charge is 0.263 e. The molecule has 7 nitrogen and oxygen atoms in total. The first-order valence-corrected chi connectivity index (χ1v) is 6.88. The number of nitrogens with zero attached hydrogens (tertiary/aromatic N) is 2. The molecule has 1 heterocycles. The third-order valence-electron chi connectivity index (χ3n) is 2.71. The number of halogens is 1. The third-order valence-corrected chi connectivity index (χ3v) is 2.96. The summed E-state index contributed by atoms with van der Waals surface area (Å²) < 4.78 is 5.06. The number of carbonyl (C=O) groups is 1. The molecule has 1 aromatic carbocycles. The zero-order valence-corrected chi connectivity index (χ0v) is 12.6. The van der Waals surface area contributed by atoms with Crippen LogP contribution in [0.4, 0.5) is 11.6 Å². The summed E-state index contributed by atoms with van der Waals surface area (Å²) in [6.45, 7) is 1.86. The van der Waals surface area contributed by atoms with Crippen LogP contribution in [-0.4, -0.2) is 35.7 Å². The minimum absolute atomic E-state index is 0.0580. The van der Waals surface area contributed by atoms with Gasteiger partial charge in [-0.3, -0.25) is 9.79 Å². The molecule has 3 N–H and O–H groups in total. The number of amides is 1. The van der Waals surface area contributed by atoms with E-state index >= 15 is 0 Å². The predicted molar refractivity (Wildman–Crippen MR) is 84.7 cm³/mol. The third kappa shape index (κ3) is 4.06. The first-order chi connectivity index (χ1) is 10.6. The number of hydrogen-bond donors (Lipinski definition) is 3. The minimum Gasteiger partial charge on any atom is -0.394 e. The number of hydrogen-bond acceptors (Lipinski definition) is 5. The van der Waals surface area contributed by atoms with E-state index < -0.39 is 0 Å². The number of nitrogens with one attached hydrogen (secondary N) is 2. The number of aliphatic hydroxyl groups excluding tert-OH is 1. The number of benzene rings is 1. The van der Waals surface area contributed by atoms with Gasteiger partial charge in [-0.05, 0) is 31.2 Å². The Morgan fingerprint density at radius 3 is 2.86 bits per heavy atom. The van der Waals surface area contributed by atoms with Crippen LogP contribution in [-0.2, 0) is 0 Å². The second-order valence-corrected chi connectivity index (χ2v) is 4.77. The van der Waals surface area contributed by atoms with Gasteiger partial charge in [-0.1, -0.05) is 16.8 Å². The molecule has 0 saturated carbocycles. The number of aryl methyl sites for hydroxylation is 1. The fraction of sp³-hybridized carbons (Fsp3) is 0.214. The van der Waals surface area contributed by atoms with E-state index in [-0.39, 0.29) is 30.5 Å². The van der Waals surface area contributed by atoms with Crippen molar-refractivity contribution < 1.29 is 14.4 Å². The molecule has 0 aliphatic heterocycles. The van der Waals surface area contributed by atoms with Gasteiger partial charge < -0.3 is 20.3 Å². The van der Waals surface area contributed by atoms with Crippen LogP contribution in [0.15, 0.2) is 33.8 Å². The zero-order chi connectivity index (χ0) is 15.9. The lowest BCUT2D eigenvalue weighted by molar-refractivity contribution is 0.102. The van der Waals surface area contributed by atoms with E-state index in [1.807, 2.05) is 0 Å². The highest BCUT2D eigenvalue weighted by Gasteiger charge is 2.20. The van der Waals surface area contributed by atoms with Crippen LogP contribution >= 0.6 is 11.6 Å². The van der Waals surface area contributed by atoms with Crippen LogP contribution < -0.4 is 10.6 Å². The monoisotopic (exact) mass is 322 g/mol. The van der Waals surface area contributed by atoms with Crippen molar-refractivity contribution in [2.45, 2.75) is 6.92 Å². The van der Waals surface area contributed by atoms with Crippen LogP contribution in [0.3, 0.4) is 0 Å². The van der Waals surface area contributed by atoms with E-state index in [4.69, 9.17) is 21.2 Å². The van der Waals surface area contributed by atoms with Gasteiger partial charge >= 0.3 is 0 Å². The van der Waals surface area contributed by atoms with Gasteiger partial charge in [0.05, 0.1) is 25.2 Å². The molecule has 1 aromatic heterocycles. The molecule has 0 saturated heterocycles. The zero-order valence-electron chi connectivity index (χ0n) is 11.8. The molecule has 0 atom stereocenters. The van der Waals surface area contributed by atoms with Crippen molar-refractivity contribution in [1.82, 2.24) is 5.16 Å². The Hall–Kier alpha value is -2.38. The van der Waals surface area contributed by atoms with Crippen LogP contribution in [0.25, 0.3) is 0 Å². The molecule has 8 heteroatoms. The van der Waals surface area contributed by atoms with Crippen molar-refractivity contribution in [3.8, 4) is 0 Å². The van der Waals surface area contributed by atoms with Crippen molar-refractivity contribution in [1.29, 1.82) is 0 Å². The predicted octanol–water partition coefficient (Wildman–Crippen LogP) is 2.32. The number of rotatable bonds is 6. The summed E-state index contributed by atoms with van der Waals surface area (Å²) in [4.78, 5) is 16.2. The minimum atomic E-state index is -0.362. The molecule has 2 rings (SSSR count). The summed E-state index contributed by atoms with van der Waals surface area (Å²) in [5.74, 6) is -0.176. The van der Waals surface area contributed by atoms with Crippen molar-refractivity contribution in [3.05, 3.63) is 40.5 Å². The Bertz CT molecular complexity index is 667. The molecule has 116 valence electrons. The normalized spacial score (nSPS) is 10.9. The molecular weight excluding hydrogens is 308 g/mol. The summed E-state index contributed by atoms with van der Waals surface area (Å²) in [7, 11) is 0. The van der Waals surface area contributed by atoms with E-state index in [9.17, 15) is 4.79 Å². The molecule has 0 aliphatic carbocycles. The highest BCUT2D eigenvalue weighted by molar-refractivity contribution is 6.30. The Morgan fingerprint density at radius 1 is 1.45 bits per heavy atom. The lowest BCUT2D eigenvalue weighted by Crippen LogP contribution is -2.14. The van der Waals surface area contributed by atoms with E-state index in [0.29, 0.717) is 16.4 Å². The maximum absolute atomic E-state index is 12.3. The van der Waals surface area contributed by atoms with Gasteiger partial charge in [-0.2, -0.15) is 0 Å². The van der Waals surface area contributed by atoms with Gasteiger partial charge in [0.1, 0.15) is 5.56 Å². The summed E-state index contributed by atoms with van der Waals surface area (Å²) >= 11 is 5.80. The molecule has 0 radical (unpaired) electrons. The van der Waals surface area contributed by atoms with Gasteiger partial charge in [-0.25, -0.2) is 0 Å². The number of aliphatic imine (C=N–C) groups is 1. The number of aromatic nitrogens is 1. The van der Waals surface area contributed by atoms with E-state index in [2.05, 4.69) is 20.8 Å². The molecule has 0 spiro atoms. The lowest BCUT2D eigenvalue weighted by atomic mass is 10.2. The van der Waals surface area contributed by atoms with Crippen LogP contribution in [0.1, 0.15) is 16.1 Å². The van der Waals surface area contributed by atoms with Gasteiger partial charge in [0, 0.05) is 10.7 Å². The highest BCUT2D eigenvalue weighted by Crippen LogP contribution is 2.21. The molecule has 0 aliphatic rings. The number of anilines is 2. The van der Waals surface area contributed by atoms with Gasteiger partial charge in [0.15, 0.2) is 0 Å². The average molecular weight is 323 g/mol. The van der Waals surface area contributed by atoms with Crippen LogP contribution in [0.5, 0.6) is 0 Å². The maximum Gasteiger partial charge on any atom is 0.263 e. The molecular formula is C14H15ClN4O3. The fourth-order valence-corrected chi connectivity index (χ4v) is 1.81. The number of aliphatic hydroxyl groups is 1. The van der Waals surface area contributed by atoms with Crippen molar-refractivity contribution in [2.75, 3.05) is 23.8 Å². The van der Waals surface area contributed by atoms with E-state index in [1.165, 1.54) is 6.34 Å². The van der Waals surface area contributed by atoms with Crippen molar-refractivity contribution in [3.63, 3.8) is 0 Å². The first kappa shape index (κ1) is 16.0. The second kappa shape index (κ2) is 7.58. The first-order valence-electron chi connectivity index (χ1n) is 6.50. The Balaban J connectivity index is 2.11. The fourth-order valence-electron chi connectivity index (χ4n) is 1.69. The molecule has 1 amide bonds. The molecule has 0 fully saturated rings. The molecule has 0 unspecified atom stereocenters. The average Bonchev–Trinajstić information content (AvgIpc) is 2.87. The highest BCUT2D eigenvalue weighted by atomic mass is 35.5. The number of carbonyl (C=O) groups excluding carboxylic acids is 1. The van der Waals surface area contributed by atoms with Crippen LogP contribution in [0.2, 0.25) is 5.02 Å². The SMILES string of the molecule is Cc1noc(NC=NCCO)c1C(=O)Nc1ccc(Cl)cc1. The second-order valence-electron chi connectivity index (χ2n) is 4.34. The lowest BCUT2D eigenvalue weighted by Gasteiger charge is -2.05. The van der Waals surface area contributed by atoms with Crippen LogP contribution in [0, 0.1) is 6.92 Å². The quantitative estimate of drug-likeness (QED) is 0.560. The van der Waals surface area contributed by atoms with Crippen molar-refractivity contribution in [2.24, 2.45) is 4.99 Å². The molecule has 0 bridgehead atoms. The Kier molecular flexibility index (Phi) is 5.51. The summed E-state index contributed by atoms with van der Waals surface area (Å²) in [5, 5.41) is 18.5. The summed E-state index contributed by atoms with van der Waals surface area (Å²) in [6.07, 6.45) is 1.34. The van der Waals surface area contributed by atoms with E-state index in [1.54, 1.807) is 31.2 Å². The maximum atomic E-state index is 12.3. The largest absolute Gasteiger partial charge is 0.394 e. The topological polar surface area (TPSA) is 99.8 Å². The molecule has 2 aromatic rings. The van der Waals surface area contributed by atoms with Gasteiger partial charge in [0.2, 0.25) is 5.88 Å². The summed E-state index contributed by atoms with van der Waals surface area (Å²) in [6, 6.07) is 6.74. The standard InChI is InChI=1S/C14H15ClN4O3/c1-9-12(14(22-19-9)17-8-16-6-7-20)13(21)18-11-4-2-10(15)3-5-11/h2-5,8,20H,6-7H2,1H3,(H,16,17)(H,18,21). The van der Waals surface area contributed by atoms with Gasteiger partial charge in [-0.15, -0.1) is 0 Å². The Morgan fingerprint density at radius 2 is 2.18 bits per heavy atom. The Labute approximate surface area is 132 Å². The van der Waals surface area contributed by atoms with E-state index in [0.717, 1.165) is 0 Å².